The van der Waals surface area contributed by atoms with Gasteiger partial charge in [-0.15, -0.1) is 36.2 Å². The van der Waals surface area contributed by atoms with E-state index in [1.54, 1.807) is 11.3 Å². The van der Waals surface area contributed by atoms with Gasteiger partial charge in [-0.05, 0) is 13.3 Å². The lowest BCUT2D eigenvalue weighted by atomic mass is 10.1. The molecule has 0 radical (unpaired) electrons. The van der Waals surface area contributed by atoms with Crippen LogP contribution in [0.25, 0.3) is 0 Å². The summed E-state index contributed by atoms with van der Waals surface area (Å²) >= 11 is 1.65. The van der Waals surface area contributed by atoms with E-state index in [2.05, 4.69) is 22.5 Å². The lowest BCUT2D eigenvalue weighted by Gasteiger charge is -2.23. The van der Waals surface area contributed by atoms with E-state index in [1.165, 1.54) is 0 Å². The first-order chi connectivity index (χ1) is 9.19. The zero-order valence-electron chi connectivity index (χ0n) is 12.3. The summed E-state index contributed by atoms with van der Waals surface area (Å²) in [5, 5.41) is 9.40. The molecule has 8 heteroatoms. The number of halogens is 2. The van der Waals surface area contributed by atoms with E-state index >= 15 is 0 Å². The Hall–Kier alpha value is -0.400. The molecule has 0 saturated carbocycles. The third-order valence-corrected chi connectivity index (χ3v) is 4.13. The highest BCUT2D eigenvalue weighted by atomic mass is 35.5. The average Bonchev–Trinajstić information content (AvgIpc) is 2.88. The van der Waals surface area contributed by atoms with E-state index in [9.17, 15) is 4.79 Å². The first kappa shape index (κ1) is 20.6. The summed E-state index contributed by atoms with van der Waals surface area (Å²) in [4.78, 5) is 16.4. The molecule has 0 spiro atoms. The summed E-state index contributed by atoms with van der Waals surface area (Å²) in [6.07, 6.45) is 1.39. The highest BCUT2D eigenvalue weighted by Gasteiger charge is 2.19. The van der Waals surface area contributed by atoms with Crippen molar-refractivity contribution in [1.29, 1.82) is 0 Å². The molecule has 0 aliphatic carbocycles. The van der Waals surface area contributed by atoms with Crippen LogP contribution in [0.2, 0.25) is 0 Å². The molecule has 1 aliphatic rings. The predicted octanol–water partition coefficient (Wildman–Crippen LogP) is 2.10. The molecular formula is C13H23Cl2N3O2S. The lowest BCUT2D eigenvalue weighted by molar-refractivity contribution is -0.122. The van der Waals surface area contributed by atoms with Crippen molar-refractivity contribution in [3.05, 3.63) is 16.1 Å². The minimum absolute atomic E-state index is 0. The first-order valence-corrected chi connectivity index (χ1v) is 7.61. The molecule has 1 saturated heterocycles. The van der Waals surface area contributed by atoms with Gasteiger partial charge in [0.05, 0.1) is 30.0 Å². The number of thiazole rings is 1. The van der Waals surface area contributed by atoms with Crippen LogP contribution in [0.4, 0.5) is 0 Å². The molecule has 1 aromatic heterocycles. The number of nitrogens with one attached hydrogen (secondary N) is 2. The molecule has 2 heterocycles. The van der Waals surface area contributed by atoms with Crippen LogP contribution in [-0.2, 0) is 16.0 Å². The summed E-state index contributed by atoms with van der Waals surface area (Å²) in [7, 11) is 0. The molecule has 122 valence electrons. The summed E-state index contributed by atoms with van der Waals surface area (Å²) in [5.41, 5.74) is 0.947. The van der Waals surface area contributed by atoms with E-state index in [4.69, 9.17) is 4.74 Å². The van der Waals surface area contributed by atoms with Gasteiger partial charge in [0.15, 0.2) is 0 Å². The topological polar surface area (TPSA) is 63.2 Å². The number of amides is 1. The Kier molecular flexibility index (Phi) is 10.1. The van der Waals surface area contributed by atoms with Gasteiger partial charge in [-0.25, -0.2) is 4.98 Å². The molecule has 0 aromatic carbocycles. The number of rotatable bonds is 5. The fourth-order valence-electron chi connectivity index (χ4n) is 2.04. The molecule has 1 aromatic rings. The van der Waals surface area contributed by atoms with Gasteiger partial charge >= 0.3 is 0 Å². The summed E-state index contributed by atoms with van der Waals surface area (Å²) in [5.74, 6) is 0.0431. The fourth-order valence-corrected chi connectivity index (χ4v) is 2.87. The number of ether oxygens (including phenoxy) is 1. The zero-order valence-corrected chi connectivity index (χ0v) is 14.7. The number of nitrogens with zero attached hydrogens (tertiary/aromatic N) is 1. The number of hydrogen-bond acceptors (Lipinski definition) is 5. The summed E-state index contributed by atoms with van der Waals surface area (Å²) in [6, 6.07) is 0.0937. The van der Waals surface area contributed by atoms with E-state index < -0.39 is 0 Å². The monoisotopic (exact) mass is 355 g/mol. The minimum Gasteiger partial charge on any atom is -0.378 e. The molecule has 2 N–H and O–H groups in total. The largest absolute Gasteiger partial charge is 0.378 e. The molecular weight excluding hydrogens is 333 g/mol. The summed E-state index contributed by atoms with van der Waals surface area (Å²) < 4.78 is 5.34. The SMILES string of the molecule is CCc1nc(C(C)NC(=O)CC2COCCN2)cs1.Cl.Cl. The van der Waals surface area contributed by atoms with Crippen molar-refractivity contribution in [2.45, 2.75) is 38.8 Å². The molecule has 21 heavy (non-hydrogen) atoms. The van der Waals surface area contributed by atoms with E-state index in [0.29, 0.717) is 13.0 Å². The molecule has 0 bridgehead atoms. The van der Waals surface area contributed by atoms with Gasteiger partial charge in [-0.2, -0.15) is 0 Å². The van der Waals surface area contributed by atoms with Crippen LogP contribution in [0, 0.1) is 0 Å². The van der Waals surface area contributed by atoms with Gasteiger partial charge < -0.3 is 15.4 Å². The second-order valence-electron chi connectivity index (χ2n) is 4.74. The predicted molar refractivity (Wildman–Crippen MR) is 89.8 cm³/mol. The molecule has 2 atom stereocenters. The van der Waals surface area contributed by atoms with E-state index in [1.807, 2.05) is 12.3 Å². The number of aromatic nitrogens is 1. The third kappa shape index (κ3) is 6.48. The van der Waals surface area contributed by atoms with Gasteiger partial charge in [-0.1, -0.05) is 6.92 Å². The fraction of sp³-hybridized carbons (Fsp3) is 0.692. The first-order valence-electron chi connectivity index (χ1n) is 6.73. The minimum atomic E-state index is -0.0337. The van der Waals surface area contributed by atoms with Gasteiger partial charge in [-0.3, -0.25) is 4.79 Å². The van der Waals surface area contributed by atoms with Crippen molar-refractivity contribution >= 4 is 42.1 Å². The number of carbonyl (C=O) groups excluding carboxylic acids is 1. The Morgan fingerprint density at radius 1 is 1.62 bits per heavy atom. The molecule has 2 unspecified atom stereocenters. The van der Waals surface area contributed by atoms with Gasteiger partial charge in [0.2, 0.25) is 5.91 Å². The zero-order chi connectivity index (χ0) is 13.7. The smallest absolute Gasteiger partial charge is 0.222 e. The highest BCUT2D eigenvalue weighted by molar-refractivity contribution is 7.09. The maximum atomic E-state index is 11.9. The molecule has 5 nitrogen and oxygen atoms in total. The Labute approximate surface area is 142 Å². The van der Waals surface area contributed by atoms with Crippen LogP contribution in [-0.4, -0.2) is 36.7 Å². The van der Waals surface area contributed by atoms with Crippen LogP contribution in [0.5, 0.6) is 0 Å². The number of hydrogen-bond donors (Lipinski definition) is 2. The highest BCUT2D eigenvalue weighted by Crippen LogP contribution is 2.17. The Morgan fingerprint density at radius 3 is 2.95 bits per heavy atom. The molecule has 1 fully saturated rings. The summed E-state index contributed by atoms with van der Waals surface area (Å²) in [6.45, 7) is 6.21. The Balaban J connectivity index is 0.00000200. The van der Waals surface area contributed by atoms with Crippen LogP contribution < -0.4 is 10.6 Å². The second-order valence-corrected chi connectivity index (χ2v) is 5.68. The van der Waals surface area contributed by atoms with Gasteiger partial charge in [0.25, 0.3) is 0 Å². The third-order valence-electron chi connectivity index (χ3n) is 3.12. The van der Waals surface area contributed by atoms with E-state index in [-0.39, 0.29) is 42.8 Å². The van der Waals surface area contributed by atoms with Crippen LogP contribution in [0.3, 0.4) is 0 Å². The Morgan fingerprint density at radius 2 is 2.38 bits per heavy atom. The van der Waals surface area contributed by atoms with Crippen molar-refractivity contribution in [1.82, 2.24) is 15.6 Å². The standard InChI is InChI=1S/C13H21N3O2S.2ClH/c1-3-13-16-11(8-19-13)9(2)15-12(17)6-10-7-18-5-4-14-10;;/h8-10,14H,3-7H2,1-2H3,(H,15,17);2*1H. The number of aryl methyl sites for hydroxylation is 1. The normalized spacial score (nSPS) is 19.0. The van der Waals surface area contributed by atoms with E-state index in [0.717, 1.165) is 30.3 Å². The molecule has 1 aliphatic heterocycles. The van der Waals surface area contributed by atoms with Crippen LogP contribution in [0.15, 0.2) is 5.38 Å². The Bertz CT molecular complexity index is 425. The number of morpholine rings is 1. The van der Waals surface area contributed by atoms with Crippen molar-refractivity contribution in [3.8, 4) is 0 Å². The van der Waals surface area contributed by atoms with Crippen molar-refractivity contribution in [3.63, 3.8) is 0 Å². The lowest BCUT2D eigenvalue weighted by Crippen LogP contribution is -2.44. The molecule has 2 rings (SSSR count). The van der Waals surface area contributed by atoms with Crippen molar-refractivity contribution in [2.75, 3.05) is 19.8 Å². The second kappa shape index (κ2) is 10.3. The molecule has 1 amide bonds. The van der Waals surface area contributed by atoms with Crippen LogP contribution >= 0.6 is 36.2 Å². The maximum Gasteiger partial charge on any atom is 0.222 e. The van der Waals surface area contributed by atoms with Crippen molar-refractivity contribution in [2.24, 2.45) is 0 Å². The van der Waals surface area contributed by atoms with Gasteiger partial charge in [0, 0.05) is 24.4 Å². The quantitative estimate of drug-likeness (QED) is 0.848. The van der Waals surface area contributed by atoms with Crippen LogP contribution in [0.1, 0.15) is 37.0 Å². The van der Waals surface area contributed by atoms with Gasteiger partial charge in [0.1, 0.15) is 0 Å². The maximum absolute atomic E-state index is 11.9. The number of carbonyl (C=O) groups is 1. The van der Waals surface area contributed by atoms with Crippen molar-refractivity contribution < 1.29 is 9.53 Å². The average molecular weight is 356 g/mol.